The van der Waals surface area contributed by atoms with E-state index in [-0.39, 0.29) is 5.69 Å². The van der Waals surface area contributed by atoms with Crippen LogP contribution in [-0.4, -0.2) is 23.5 Å². The summed E-state index contributed by atoms with van der Waals surface area (Å²) in [5.74, 6) is -1.12. The Bertz CT molecular complexity index is 733. The highest BCUT2D eigenvalue weighted by Crippen LogP contribution is 2.24. The lowest BCUT2D eigenvalue weighted by molar-refractivity contribution is -0.274. The van der Waals surface area contributed by atoms with Gasteiger partial charge in [0.1, 0.15) is 11.8 Å². The number of halogens is 3. The molecule has 0 spiro atoms. The van der Waals surface area contributed by atoms with Crippen LogP contribution in [0.2, 0.25) is 0 Å². The second-order valence-electron chi connectivity index (χ2n) is 4.85. The Morgan fingerprint density at radius 1 is 1.00 bits per heavy atom. The third-order valence-corrected chi connectivity index (χ3v) is 3.02. The van der Waals surface area contributed by atoms with Crippen molar-refractivity contribution in [2.24, 2.45) is 0 Å². The van der Waals surface area contributed by atoms with Crippen LogP contribution in [0.5, 0.6) is 5.75 Å². The van der Waals surface area contributed by atoms with Gasteiger partial charge in [0, 0.05) is 5.69 Å². The Morgan fingerprint density at radius 2 is 1.60 bits per heavy atom. The van der Waals surface area contributed by atoms with E-state index in [9.17, 15) is 22.8 Å². The molecule has 0 saturated heterocycles. The Labute approximate surface area is 140 Å². The number of carbonyl (C=O) groups is 2. The van der Waals surface area contributed by atoms with Crippen molar-refractivity contribution in [2.75, 3.05) is 5.32 Å². The van der Waals surface area contributed by atoms with Crippen LogP contribution in [-0.2, 0) is 4.79 Å². The first-order valence-corrected chi connectivity index (χ1v) is 6.96. The number of nitrogens with one attached hydrogen (secondary N) is 2. The monoisotopic (exact) mass is 354 g/mol. The van der Waals surface area contributed by atoms with Gasteiger partial charge in [0.2, 0.25) is 0 Å². The van der Waals surface area contributed by atoms with Crippen molar-refractivity contribution in [2.45, 2.75) is 12.4 Å². The first-order chi connectivity index (χ1) is 11.7. The van der Waals surface area contributed by atoms with Gasteiger partial charge < -0.3 is 20.5 Å². The van der Waals surface area contributed by atoms with E-state index >= 15 is 0 Å². The zero-order chi connectivity index (χ0) is 18.4. The first-order valence-electron chi connectivity index (χ1n) is 6.96. The topological polar surface area (TPSA) is 87.7 Å². The van der Waals surface area contributed by atoms with Crippen molar-refractivity contribution in [1.29, 1.82) is 0 Å². The lowest BCUT2D eigenvalue weighted by atomic mass is 10.1. The summed E-state index contributed by atoms with van der Waals surface area (Å²) in [7, 11) is 0. The molecule has 0 fully saturated rings. The molecule has 0 aromatic heterocycles. The van der Waals surface area contributed by atoms with E-state index in [1.807, 2.05) is 0 Å². The summed E-state index contributed by atoms with van der Waals surface area (Å²) in [5, 5.41) is 13.4. The summed E-state index contributed by atoms with van der Waals surface area (Å²) in [6, 6.07) is 11.4. The van der Waals surface area contributed by atoms with Gasteiger partial charge in [-0.1, -0.05) is 30.3 Å². The van der Waals surface area contributed by atoms with Gasteiger partial charge in [-0.05, 0) is 29.8 Å². The number of hydrogen-bond donors (Lipinski definition) is 3. The molecule has 0 aliphatic carbocycles. The zero-order valence-electron chi connectivity index (χ0n) is 12.6. The van der Waals surface area contributed by atoms with E-state index in [0.29, 0.717) is 5.56 Å². The van der Waals surface area contributed by atoms with Crippen molar-refractivity contribution in [3.05, 3.63) is 60.2 Å². The summed E-state index contributed by atoms with van der Waals surface area (Å²) >= 11 is 0. The molecule has 9 heteroatoms. The SMILES string of the molecule is O=C(O)NC(C(=O)Nc1ccc(OC(F)(F)F)cc1)c1ccccc1. The van der Waals surface area contributed by atoms with Crippen LogP contribution in [0.4, 0.5) is 23.7 Å². The quantitative estimate of drug-likeness (QED) is 0.766. The predicted molar refractivity (Wildman–Crippen MR) is 82.1 cm³/mol. The maximum atomic E-state index is 12.3. The molecule has 2 aromatic carbocycles. The number of carbonyl (C=O) groups excluding carboxylic acids is 1. The van der Waals surface area contributed by atoms with Gasteiger partial charge in [0.25, 0.3) is 5.91 Å². The number of alkyl halides is 3. The molecule has 2 aromatic rings. The minimum Gasteiger partial charge on any atom is -0.465 e. The van der Waals surface area contributed by atoms with Gasteiger partial charge in [-0.15, -0.1) is 13.2 Å². The van der Waals surface area contributed by atoms with Crippen LogP contribution in [0.3, 0.4) is 0 Å². The molecular weight excluding hydrogens is 341 g/mol. The number of anilines is 1. The molecule has 2 amide bonds. The summed E-state index contributed by atoms with van der Waals surface area (Å²) in [4.78, 5) is 23.2. The van der Waals surface area contributed by atoms with Gasteiger partial charge in [0.15, 0.2) is 0 Å². The number of hydrogen-bond acceptors (Lipinski definition) is 3. The summed E-state index contributed by atoms with van der Waals surface area (Å²) in [6.45, 7) is 0. The minimum atomic E-state index is -4.81. The molecule has 0 bridgehead atoms. The molecule has 0 aliphatic rings. The second kappa shape index (κ2) is 7.56. The normalized spacial score (nSPS) is 12.1. The largest absolute Gasteiger partial charge is 0.573 e. The first kappa shape index (κ1) is 18.1. The molecule has 0 radical (unpaired) electrons. The van der Waals surface area contributed by atoms with Crippen molar-refractivity contribution in [3.8, 4) is 5.75 Å². The van der Waals surface area contributed by atoms with Gasteiger partial charge in [0.05, 0.1) is 0 Å². The minimum absolute atomic E-state index is 0.188. The Morgan fingerprint density at radius 3 is 2.12 bits per heavy atom. The van der Waals surface area contributed by atoms with Crippen molar-refractivity contribution in [1.82, 2.24) is 5.32 Å². The zero-order valence-corrected chi connectivity index (χ0v) is 12.6. The summed E-state index contributed by atoms with van der Waals surface area (Å²) in [6.07, 6.45) is -6.20. The number of carboxylic acid groups (broad SMARTS) is 1. The van der Waals surface area contributed by atoms with Gasteiger partial charge in [-0.25, -0.2) is 4.79 Å². The number of amides is 2. The highest BCUT2D eigenvalue weighted by Gasteiger charge is 2.31. The molecule has 0 aliphatic heterocycles. The van der Waals surface area contributed by atoms with Crippen LogP contribution in [0.1, 0.15) is 11.6 Å². The van der Waals surface area contributed by atoms with Crippen molar-refractivity contribution in [3.63, 3.8) is 0 Å². The Balaban J connectivity index is 2.11. The van der Waals surface area contributed by atoms with E-state index < -0.39 is 30.2 Å². The van der Waals surface area contributed by atoms with Crippen LogP contribution in [0.25, 0.3) is 0 Å². The average Bonchev–Trinajstić information content (AvgIpc) is 2.53. The number of rotatable bonds is 5. The van der Waals surface area contributed by atoms with Gasteiger partial charge in [-0.3, -0.25) is 4.79 Å². The fourth-order valence-corrected chi connectivity index (χ4v) is 2.02. The molecule has 1 atom stereocenters. The predicted octanol–water partition coefficient (Wildman–Crippen LogP) is 3.53. The van der Waals surface area contributed by atoms with E-state index in [1.165, 1.54) is 12.1 Å². The smallest absolute Gasteiger partial charge is 0.465 e. The molecule has 132 valence electrons. The standard InChI is InChI=1S/C16H13F3N2O4/c17-16(18,19)25-12-8-6-11(7-9-12)20-14(22)13(21-15(23)24)10-4-2-1-3-5-10/h1-9,13,21H,(H,20,22)(H,23,24). The van der Waals surface area contributed by atoms with Crippen molar-refractivity contribution >= 4 is 17.7 Å². The Hall–Kier alpha value is -3.23. The van der Waals surface area contributed by atoms with E-state index in [1.54, 1.807) is 30.3 Å². The van der Waals surface area contributed by atoms with Gasteiger partial charge >= 0.3 is 12.5 Å². The average molecular weight is 354 g/mol. The third-order valence-electron chi connectivity index (χ3n) is 3.02. The summed E-state index contributed by atoms with van der Waals surface area (Å²) < 4.78 is 40.1. The van der Waals surface area contributed by atoms with E-state index in [4.69, 9.17) is 5.11 Å². The van der Waals surface area contributed by atoms with Gasteiger partial charge in [-0.2, -0.15) is 0 Å². The van der Waals surface area contributed by atoms with E-state index in [0.717, 1.165) is 12.1 Å². The molecule has 6 nitrogen and oxygen atoms in total. The highest BCUT2D eigenvalue weighted by atomic mass is 19.4. The Kier molecular flexibility index (Phi) is 5.48. The lowest BCUT2D eigenvalue weighted by Gasteiger charge is -2.17. The maximum Gasteiger partial charge on any atom is 0.573 e. The van der Waals surface area contributed by atoms with Crippen molar-refractivity contribution < 1.29 is 32.6 Å². The fraction of sp³-hybridized carbons (Fsp3) is 0.125. The maximum absolute atomic E-state index is 12.3. The van der Waals surface area contributed by atoms with Crippen LogP contribution < -0.4 is 15.4 Å². The van der Waals surface area contributed by atoms with Crippen LogP contribution in [0.15, 0.2) is 54.6 Å². The molecule has 0 heterocycles. The second-order valence-corrected chi connectivity index (χ2v) is 4.85. The van der Waals surface area contributed by atoms with Crippen LogP contribution in [0, 0.1) is 0 Å². The molecule has 3 N–H and O–H groups in total. The summed E-state index contributed by atoms with van der Waals surface area (Å²) in [5.41, 5.74) is 0.604. The number of ether oxygens (including phenoxy) is 1. The molecular formula is C16H13F3N2O4. The highest BCUT2D eigenvalue weighted by molar-refractivity contribution is 5.97. The molecule has 0 saturated carbocycles. The lowest BCUT2D eigenvalue weighted by Crippen LogP contribution is -2.36. The fourth-order valence-electron chi connectivity index (χ4n) is 2.02. The third kappa shape index (κ3) is 5.72. The van der Waals surface area contributed by atoms with E-state index in [2.05, 4.69) is 15.4 Å². The molecule has 1 unspecified atom stereocenters. The number of benzene rings is 2. The molecule has 25 heavy (non-hydrogen) atoms. The molecule has 2 rings (SSSR count). The van der Waals surface area contributed by atoms with Crippen LogP contribution >= 0.6 is 0 Å².